The zero-order valence-corrected chi connectivity index (χ0v) is 23.8. The number of methoxy groups -OCH3 is 2. The van der Waals surface area contributed by atoms with Gasteiger partial charge < -0.3 is 24.8 Å². The van der Waals surface area contributed by atoms with Gasteiger partial charge in [0.05, 0.1) is 30.9 Å². The van der Waals surface area contributed by atoms with Crippen LogP contribution in [0.2, 0.25) is 0 Å². The lowest BCUT2D eigenvalue weighted by molar-refractivity contribution is 0.0195. The third-order valence-electron chi connectivity index (χ3n) is 6.54. The smallest absolute Gasteiger partial charge is 0.274 e. The van der Waals surface area contributed by atoms with Gasteiger partial charge in [-0.3, -0.25) is 9.36 Å². The summed E-state index contributed by atoms with van der Waals surface area (Å²) in [7, 11) is 3.05. The molecule has 0 fully saturated rings. The summed E-state index contributed by atoms with van der Waals surface area (Å²) in [5.41, 5.74) is 3.54. The van der Waals surface area contributed by atoms with Crippen LogP contribution in [0, 0.1) is 6.92 Å². The number of hydrogen-bond donors (Lipinski definition) is 2. The van der Waals surface area contributed by atoms with E-state index in [1.54, 1.807) is 35.2 Å². The molecule has 5 rings (SSSR count). The molecule has 0 saturated carbocycles. The van der Waals surface area contributed by atoms with E-state index >= 15 is 0 Å². The first kappa shape index (κ1) is 29.2. The van der Waals surface area contributed by atoms with E-state index in [4.69, 9.17) is 14.2 Å². The number of ether oxygens (including phenoxy) is 3. The van der Waals surface area contributed by atoms with Gasteiger partial charge in [0.2, 0.25) is 5.88 Å². The highest BCUT2D eigenvalue weighted by Crippen LogP contribution is 2.27. The van der Waals surface area contributed by atoms with Crippen LogP contribution in [-0.4, -0.2) is 57.4 Å². The predicted molar refractivity (Wildman–Crippen MR) is 156 cm³/mol. The van der Waals surface area contributed by atoms with Gasteiger partial charge in [0.1, 0.15) is 29.2 Å². The number of nitrogens with one attached hydrogen (secondary N) is 2. The first-order chi connectivity index (χ1) is 20.7. The maximum atomic E-state index is 13.5. The molecule has 1 atom stereocenters. The van der Waals surface area contributed by atoms with Crippen molar-refractivity contribution in [2.45, 2.75) is 32.9 Å². The molecule has 1 amide bonds. The summed E-state index contributed by atoms with van der Waals surface area (Å²) in [6, 6.07) is 17.4. The van der Waals surface area contributed by atoms with Crippen LogP contribution in [0.3, 0.4) is 0 Å². The number of benzene rings is 2. The Morgan fingerprint density at radius 1 is 1.00 bits per heavy atom. The number of fused-ring (bicyclic) bond motifs is 1. The molecular weight excluding hydrogens is 560 g/mol. The quantitative estimate of drug-likeness (QED) is 0.213. The number of nitrogens with zero attached hydrogens (tertiary/aromatic N) is 5. The first-order valence-corrected chi connectivity index (χ1v) is 13.3. The Morgan fingerprint density at radius 3 is 2.56 bits per heavy atom. The van der Waals surface area contributed by atoms with Gasteiger partial charge in [-0.25, -0.2) is 13.8 Å². The van der Waals surface area contributed by atoms with Crippen molar-refractivity contribution in [2.24, 2.45) is 0 Å². The molecule has 43 heavy (non-hydrogen) atoms. The minimum absolute atomic E-state index is 0.00606. The van der Waals surface area contributed by atoms with E-state index < -0.39 is 18.4 Å². The van der Waals surface area contributed by atoms with Crippen LogP contribution in [0.1, 0.15) is 28.5 Å². The molecule has 13 heteroatoms. The lowest BCUT2D eigenvalue weighted by Crippen LogP contribution is -2.27. The molecule has 3 aromatic heterocycles. The van der Waals surface area contributed by atoms with Crippen LogP contribution >= 0.6 is 0 Å². The Kier molecular flexibility index (Phi) is 8.60. The molecule has 2 N–H and O–H groups in total. The number of alkyl halides is 2. The van der Waals surface area contributed by atoms with Gasteiger partial charge >= 0.3 is 0 Å². The summed E-state index contributed by atoms with van der Waals surface area (Å²) in [5, 5.41) is 14.2. The maximum absolute atomic E-state index is 13.5. The molecule has 0 spiro atoms. The van der Waals surface area contributed by atoms with Crippen molar-refractivity contribution < 1.29 is 27.8 Å². The fraction of sp³-hybridized carbons (Fsp3) is 0.233. The highest BCUT2D eigenvalue weighted by molar-refractivity contribution is 5.96. The summed E-state index contributed by atoms with van der Waals surface area (Å²) in [6.45, 7) is 3.16. The van der Waals surface area contributed by atoms with E-state index in [-0.39, 0.29) is 18.0 Å². The van der Waals surface area contributed by atoms with Crippen molar-refractivity contribution in [3.63, 3.8) is 0 Å². The second-order valence-electron chi connectivity index (χ2n) is 9.54. The Hall–Kier alpha value is -5.33. The van der Waals surface area contributed by atoms with Gasteiger partial charge in [0, 0.05) is 23.9 Å². The number of carbonyl (C=O) groups excluding carboxylic acids is 1. The van der Waals surface area contributed by atoms with Crippen LogP contribution in [0.4, 0.5) is 20.3 Å². The number of aryl methyl sites for hydroxylation is 1. The van der Waals surface area contributed by atoms with Crippen molar-refractivity contribution in [1.82, 2.24) is 30.0 Å². The van der Waals surface area contributed by atoms with Crippen molar-refractivity contribution in [3.8, 4) is 23.2 Å². The lowest BCUT2D eigenvalue weighted by atomic mass is 10.1. The number of halogens is 2. The second-order valence-corrected chi connectivity index (χ2v) is 9.54. The topological polar surface area (TPSA) is 125 Å². The fourth-order valence-corrected chi connectivity index (χ4v) is 4.21. The molecule has 0 bridgehead atoms. The molecule has 0 aliphatic carbocycles. The fourth-order valence-electron chi connectivity index (χ4n) is 4.21. The molecule has 0 saturated heterocycles. The minimum Gasteiger partial charge on any atom is -0.497 e. The van der Waals surface area contributed by atoms with Crippen molar-refractivity contribution in [3.05, 3.63) is 83.8 Å². The van der Waals surface area contributed by atoms with Crippen molar-refractivity contribution in [1.29, 1.82) is 0 Å². The zero-order chi connectivity index (χ0) is 30.5. The van der Waals surface area contributed by atoms with Gasteiger partial charge in [-0.15, -0.1) is 5.10 Å². The third kappa shape index (κ3) is 6.61. The third-order valence-corrected chi connectivity index (χ3v) is 6.54. The summed E-state index contributed by atoms with van der Waals surface area (Å²) in [4.78, 5) is 22.1. The Bertz CT molecular complexity index is 1750. The van der Waals surface area contributed by atoms with Crippen molar-refractivity contribution in [2.75, 3.05) is 19.5 Å². The van der Waals surface area contributed by atoms with Gasteiger partial charge in [0.15, 0.2) is 11.9 Å². The molecular formula is C30H29F2N7O4. The number of amides is 1. The normalized spacial score (nSPS) is 11.8. The summed E-state index contributed by atoms with van der Waals surface area (Å²) < 4.78 is 44.7. The molecule has 1 unspecified atom stereocenters. The Balaban J connectivity index is 1.44. The minimum atomic E-state index is -2.79. The molecule has 2 aromatic carbocycles. The highest BCUT2D eigenvalue weighted by atomic mass is 19.3. The van der Waals surface area contributed by atoms with E-state index in [0.717, 1.165) is 11.4 Å². The summed E-state index contributed by atoms with van der Waals surface area (Å²) in [6.07, 6.45) is -2.75. The number of rotatable bonds is 11. The van der Waals surface area contributed by atoms with Crippen molar-refractivity contribution >= 4 is 28.4 Å². The largest absolute Gasteiger partial charge is 0.497 e. The van der Waals surface area contributed by atoms with E-state index in [1.807, 2.05) is 37.3 Å². The zero-order valence-electron chi connectivity index (χ0n) is 23.8. The summed E-state index contributed by atoms with van der Waals surface area (Å²) in [5.74, 6) is 1.20. The van der Waals surface area contributed by atoms with E-state index in [9.17, 15) is 13.6 Å². The number of imidazole rings is 1. The molecule has 0 aliphatic heterocycles. The van der Waals surface area contributed by atoms with Gasteiger partial charge in [0.25, 0.3) is 12.3 Å². The van der Waals surface area contributed by atoms with E-state index in [1.165, 1.54) is 27.2 Å². The number of aromatic nitrogens is 5. The average molecular weight is 590 g/mol. The van der Waals surface area contributed by atoms with E-state index in [0.29, 0.717) is 39.7 Å². The molecule has 0 radical (unpaired) electrons. The summed E-state index contributed by atoms with van der Waals surface area (Å²) >= 11 is 0. The lowest BCUT2D eigenvalue weighted by Gasteiger charge is -2.17. The van der Waals surface area contributed by atoms with Gasteiger partial charge in [-0.2, -0.15) is 10.1 Å². The van der Waals surface area contributed by atoms with Crippen LogP contribution in [0.5, 0.6) is 17.4 Å². The van der Waals surface area contributed by atoms with Crippen LogP contribution in [-0.2, 0) is 6.54 Å². The molecule has 0 aliphatic rings. The number of anilines is 2. The standard InChI is InChI=1S/C30H29F2N7O4/c1-17-5-11-26(38-37-17)35-20-7-10-23-24(13-20)39(16-34-23)27-12-9-22(30(36-27)43-18(2)28(31)32)29(40)33-15-19-6-8-21(41-3)14-25(19)42-4/h5-14,16,18,28H,15H2,1-4H3,(H,33,40)(H,35,38). The molecule has 222 valence electrons. The van der Waals surface area contributed by atoms with Gasteiger partial charge in [-0.05, 0) is 68.4 Å². The number of pyridine rings is 1. The maximum Gasteiger partial charge on any atom is 0.274 e. The van der Waals surface area contributed by atoms with Gasteiger partial charge in [-0.1, -0.05) is 0 Å². The molecule has 5 aromatic rings. The first-order valence-electron chi connectivity index (χ1n) is 13.3. The Morgan fingerprint density at radius 2 is 1.84 bits per heavy atom. The van der Waals surface area contributed by atoms with Crippen LogP contribution in [0.25, 0.3) is 16.9 Å². The SMILES string of the molecule is COc1ccc(CNC(=O)c2ccc(-n3cnc4ccc(Nc5ccc(C)nn5)cc43)nc2OC(C)C(F)F)c(OC)c1. The Labute approximate surface area is 245 Å². The predicted octanol–water partition coefficient (Wildman–Crippen LogP) is 5.24. The number of hydrogen-bond acceptors (Lipinski definition) is 9. The average Bonchev–Trinajstić information content (AvgIpc) is 3.44. The second kappa shape index (κ2) is 12.7. The molecule has 3 heterocycles. The number of carbonyl (C=O) groups is 1. The van der Waals surface area contributed by atoms with E-state index in [2.05, 4.69) is 30.8 Å². The monoisotopic (exact) mass is 589 g/mol. The highest BCUT2D eigenvalue weighted by Gasteiger charge is 2.23. The van der Waals surface area contributed by atoms with Crippen LogP contribution < -0.4 is 24.8 Å². The molecule has 11 nitrogen and oxygen atoms in total. The van der Waals surface area contributed by atoms with Crippen LogP contribution in [0.15, 0.2) is 67.0 Å².